The lowest BCUT2D eigenvalue weighted by Gasteiger charge is -2.11. The number of rotatable bonds is 3. The molecule has 1 unspecified atom stereocenters. The third kappa shape index (κ3) is 1.91. The Bertz CT molecular complexity index is 482. The van der Waals surface area contributed by atoms with Crippen molar-refractivity contribution in [1.82, 2.24) is 5.16 Å². The molecule has 0 amide bonds. The van der Waals surface area contributed by atoms with Crippen LogP contribution in [-0.2, 0) is 0 Å². The van der Waals surface area contributed by atoms with Gasteiger partial charge >= 0.3 is 0 Å². The van der Waals surface area contributed by atoms with Crippen molar-refractivity contribution in [2.45, 2.75) is 6.10 Å². The summed E-state index contributed by atoms with van der Waals surface area (Å²) in [6.07, 6.45) is -0.936. The molecule has 4 N–H and O–H groups in total. The van der Waals surface area contributed by atoms with Crippen LogP contribution in [0.2, 0.25) is 0 Å². The van der Waals surface area contributed by atoms with Gasteiger partial charge in [-0.25, -0.2) is 0 Å². The summed E-state index contributed by atoms with van der Waals surface area (Å²) in [4.78, 5) is 0. The summed E-state index contributed by atoms with van der Waals surface area (Å²) in [6.45, 7) is -0.343. The zero-order valence-corrected chi connectivity index (χ0v) is 8.50. The maximum Gasteiger partial charge on any atom is 0.222 e. The van der Waals surface area contributed by atoms with E-state index in [-0.39, 0.29) is 12.5 Å². The standard InChI is InChI=1S/C11H12N2O3/c12-11-5-9(13-16-11)7-3-1-2-4-8(7)10(15)6-14/h1-5,10,14-15H,6,12H2. The van der Waals surface area contributed by atoms with Crippen LogP contribution in [0.5, 0.6) is 0 Å². The Balaban J connectivity index is 2.48. The minimum absolute atomic E-state index is 0.211. The molecule has 84 valence electrons. The van der Waals surface area contributed by atoms with Gasteiger partial charge in [0, 0.05) is 11.6 Å². The lowest BCUT2D eigenvalue weighted by Crippen LogP contribution is -2.04. The molecule has 1 atom stereocenters. The second-order valence-electron chi connectivity index (χ2n) is 3.40. The molecule has 1 aromatic heterocycles. The van der Waals surface area contributed by atoms with E-state index in [0.717, 1.165) is 0 Å². The van der Waals surface area contributed by atoms with Crippen molar-refractivity contribution in [2.24, 2.45) is 0 Å². The van der Waals surface area contributed by atoms with E-state index >= 15 is 0 Å². The molecule has 16 heavy (non-hydrogen) atoms. The molecule has 5 nitrogen and oxygen atoms in total. The number of aliphatic hydroxyl groups excluding tert-OH is 2. The van der Waals surface area contributed by atoms with Crippen molar-refractivity contribution in [1.29, 1.82) is 0 Å². The fraction of sp³-hybridized carbons (Fsp3) is 0.182. The molecule has 0 aliphatic rings. The largest absolute Gasteiger partial charge is 0.393 e. The van der Waals surface area contributed by atoms with Gasteiger partial charge in [-0.15, -0.1) is 0 Å². The van der Waals surface area contributed by atoms with Crippen LogP contribution in [-0.4, -0.2) is 22.0 Å². The highest BCUT2D eigenvalue weighted by atomic mass is 16.5. The Morgan fingerprint density at radius 3 is 2.75 bits per heavy atom. The van der Waals surface area contributed by atoms with E-state index in [4.69, 9.17) is 15.4 Å². The molecule has 0 saturated carbocycles. The fourth-order valence-corrected chi connectivity index (χ4v) is 1.54. The van der Waals surface area contributed by atoms with Gasteiger partial charge < -0.3 is 20.5 Å². The number of hydrogen-bond acceptors (Lipinski definition) is 5. The number of nitrogen functional groups attached to an aromatic ring is 1. The molecule has 2 aromatic rings. The Labute approximate surface area is 92.1 Å². The third-order valence-corrected chi connectivity index (χ3v) is 2.30. The molecule has 0 radical (unpaired) electrons. The van der Waals surface area contributed by atoms with Crippen molar-refractivity contribution in [3.63, 3.8) is 0 Å². The Morgan fingerprint density at radius 1 is 1.38 bits per heavy atom. The van der Waals surface area contributed by atoms with Gasteiger partial charge in [-0.05, 0) is 5.56 Å². The highest BCUT2D eigenvalue weighted by Crippen LogP contribution is 2.28. The van der Waals surface area contributed by atoms with E-state index in [2.05, 4.69) is 5.16 Å². The Hall–Kier alpha value is -1.85. The maximum atomic E-state index is 9.64. The highest BCUT2D eigenvalue weighted by molar-refractivity contribution is 5.65. The van der Waals surface area contributed by atoms with Crippen molar-refractivity contribution in [3.8, 4) is 11.3 Å². The highest BCUT2D eigenvalue weighted by Gasteiger charge is 2.14. The van der Waals surface area contributed by atoms with Crippen molar-refractivity contribution in [2.75, 3.05) is 12.3 Å². The van der Waals surface area contributed by atoms with Crippen LogP contribution < -0.4 is 5.73 Å². The summed E-state index contributed by atoms with van der Waals surface area (Å²) in [6, 6.07) is 8.67. The number of aromatic nitrogens is 1. The number of hydrogen-bond donors (Lipinski definition) is 3. The molecule has 0 fully saturated rings. The molecule has 0 aliphatic carbocycles. The van der Waals surface area contributed by atoms with Crippen molar-refractivity contribution in [3.05, 3.63) is 35.9 Å². The van der Waals surface area contributed by atoms with E-state index in [1.165, 1.54) is 0 Å². The maximum absolute atomic E-state index is 9.64. The molecule has 1 aromatic carbocycles. The van der Waals surface area contributed by atoms with Gasteiger partial charge in [-0.2, -0.15) is 0 Å². The van der Waals surface area contributed by atoms with Crippen LogP contribution in [0.1, 0.15) is 11.7 Å². The molecular weight excluding hydrogens is 208 g/mol. The fourth-order valence-electron chi connectivity index (χ4n) is 1.54. The van der Waals surface area contributed by atoms with Crippen LogP contribution in [0.4, 0.5) is 5.88 Å². The second kappa shape index (κ2) is 4.34. The predicted molar refractivity (Wildman–Crippen MR) is 58.4 cm³/mol. The SMILES string of the molecule is Nc1cc(-c2ccccc2C(O)CO)no1. The van der Waals surface area contributed by atoms with E-state index in [1.807, 2.05) is 6.07 Å². The van der Waals surface area contributed by atoms with Crippen LogP contribution in [0, 0.1) is 0 Å². The van der Waals surface area contributed by atoms with Crippen molar-refractivity contribution < 1.29 is 14.7 Å². The van der Waals surface area contributed by atoms with E-state index in [9.17, 15) is 5.11 Å². The minimum atomic E-state index is -0.936. The summed E-state index contributed by atoms with van der Waals surface area (Å²) >= 11 is 0. The number of aliphatic hydroxyl groups is 2. The lowest BCUT2D eigenvalue weighted by atomic mass is 10.0. The Morgan fingerprint density at radius 2 is 2.12 bits per heavy atom. The molecule has 0 saturated heterocycles. The van der Waals surface area contributed by atoms with Crippen LogP contribution in [0.15, 0.2) is 34.9 Å². The van der Waals surface area contributed by atoms with Gasteiger partial charge in [0.15, 0.2) is 0 Å². The van der Waals surface area contributed by atoms with Crippen LogP contribution in [0.25, 0.3) is 11.3 Å². The van der Waals surface area contributed by atoms with Gasteiger partial charge in [-0.3, -0.25) is 0 Å². The average Bonchev–Trinajstić information content (AvgIpc) is 2.75. The summed E-state index contributed by atoms with van der Waals surface area (Å²) in [5.41, 5.74) is 7.27. The van der Waals surface area contributed by atoms with Gasteiger partial charge in [-0.1, -0.05) is 29.4 Å². The summed E-state index contributed by atoms with van der Waals surface area (Å²) in [5.74, 6) is 0.211. The summed E-state index contributed by atoms with van der Waals surface area (Å²) in [7, 11) is 0. The smallest absolute Gasteiger partial charge is 0.222 e. The molecule has 5 heteroatoms. The van der Waals surface area contributed by atoms with E-state index in [0.29, 0.717) is 16.8 Å². The molecule has 2 rings (SSSR count). The second-order valence-corrected chi connectivity index (χ2v) is 3.40. The monoisotopic (exact) mass is 220 g/mol. The minimum Gasteiger partial charge on any atom is -0.393 e. The van der Waals surface area contributed by atoms with Crippen LogP contribution >= 0.6 is 0 Å². The van der Waals surface area contributed by atoms with E-state index in [1.54, 1.807) is 24.3 Å². The van der Waals surface area contributed by atoms with Crippen molar-refractivity contribution >= 4 is 5.88 Å². The average molecular weight is 220 g/mol. The first-order valence-electron chi connectivity index (χ1n) is 4.83. The van der Waals surface area contributed by atoms with E-state index < -0.39 is 6.10 Å². The number of nitrogens with zero attached hydrogens (tertiary/aromatic N) is 1. The third-order valence-electron chi connectivity index (χ3n) is 2.30. The molecular formula is C11H12N2O3. The van der Waals surface area contributed by atoms with Gasteiger partial charge in [0.05, 0.1) is 6.61 Å². The van der Waals surface area contributed by atoms with Gasteiger partial charge in [0.25, 0.3) is 0 Å². The molecule has 0 spiro atoms. The quantitative estimate of drug-likeness (QED) is 0.716. The first-order valence-corrected chi connectivity index (χ1v) is 4.83. The van der Waals surface area contributed by atoms with Gasteiger partial charge in [0.1, 0.15) is 11.8 Å². The summed E-state index contributed by atoms with van der Waals surface area (Å²) in [5, 5.41) is 22.4. The predicted octanol–water partition coefficient (Wildman–Crippen LogP) is 0.950. The van der Waals surface area contributed by atoms with Crippen LogP contribution in [0.3, 0.4) is 0 Å². The first-order chi connectivity index (χ1) is 7.72. The Kier molecular flexibility index (Phi) is 2.89. The van der Waals surface area contributed by atoms with Gasteiger partial charge in [0.2, 0.25) is 5.88 Å². The molecule has 1 heterocycles. The number of benzene rings is 1. The zero-order chi connectivity index (χ0) is 11.5. The molecule has 0 bridgehead atoms. The number of anilines is 1. The molecule has 0 aliphatic heterocycles. The lowest BCUT2D eigenvalue weighted by molar-refractivity contribution is 0.0960. The topological polar surface area (TPSA) is 92.5 Å². The normalized spacial score (nSPS) is 12.6. The zero-order valence-electron chi connectivity index (χ0n) is 8.50. The number of nitrogens with two attached hydrogens (primary N) is 1. The summed E-state index contributed by atoms with van der Waals surface area (Å²) < 4.78 is 4.77. The first kappa shape index (κ1) is 10.7.